The molecule has 0 saturated heterocycles. The summed E-state index contributed by atoms with van der Waals surface area (Å²) in [5.74, 6) is -0.963. The Morgan fingerprint density at radius 3 is 2.43 bits per heavy atom. The van der Waals surface area contributed by atoms with E-state index < -0.39 is 46.3 Å². The zero-order valence-electron chi connectivity index (χ0n) is 10.7. The Morgan fingerprint density at radius 2 is 1.90 bits per heavy atom. The fourth-order valence-electron chi connectivity index (χ4n) is 1.50. The van der Waals surface area contributed by atoms with Crippen LogP contribution in [0.3, 0.4) is 0 Å². The molecule has 0 aliphatic heterocycles. The lowest BCUT2D eigenvalue weighted by atomic mass is 10.2. The van der Waals surface area contributed by atoms with Crippen LogP contribution in [-0.4, -0.2) is 21.1 Å². The summed E-state index contributed by atoms with van der Waals surface area (Å²) in [7, 11) is -4.12. The normalized spacial score (nSPS) is 12.7. The Kier molecular flexibility index (Phi) is 5.97. The van der Waals surface area contributed by atoms with Crippen molar-refractivity contribution < 1.29 is 26.0 Å². The maximum atomic E-state index is 13.5. The summed E-state index contributed by atoms with van der Waals surface area (Å²) in [6, 6.07) is 1.77. The van der Waals surface area contributed by atoms with Crippen molar-refractivity contribution >= 4 is 21.6 Å². The highest BCUT2D eigenvalue weighted by molar-refractivity contribution is 7.89. The van der Waals surface area contributed by atoms with E-state index in [0.717, 1.165) is 6.07 Å². The van der Waals surface area contributed by atoms with Crippen LogP contribution in [0.2, 0.25) is 5.02 Å². The lowest BCUT2D eigenvalue weighted by Crippen LogP contribution is -2.26. The van der Waals surface area contributed by atoms with E-state index in [1.165, 1.54) is 0 Å². The summed E-state index contributed by atoms with van der Waals surface area (Å²) in [5.41, 5.74) is 5.40. The molecule has 0 spiro atoms. The van der Waals surface area contributed by atoms with E-state index in [-0.39, 0.29) is 17.1 Å². The van der Waals surface area contributed by atoms with Crippen LogP contribution >= 0.6 is 11.6 Å². The zero-order chi connectivity index (χ0) is 16.3. The summed E-state index contributed by atoms with van der Waals surface area (Å²) in [6.45, 7) is -0.586. The molecule has 0 unspecified atom stereocenters. The van der Waals surface area contributed by atoms with Crippen LogP contribution in [0, 0.1) is 5.82 Å². The van der Waals surface area contributed by atoms with E-state index in [1.54, 1.807) is 0 Å². The van der Waals surface area contributed by atoms with Crippen LogP contribution in [-0.2, 0) is 16.6 Å². The first kappa shape index (κ1) is 18.1. The van der Waals surface area contributed by atoms with Gasteiger partial charge in [-0.2, -0.15) is 13.2 Å². The lowest BCUT2D eigenvalue weighted by Gasteiger charge is -2.10. The van der Waals surface area contributed by atoms with E-state index >= 15 is 0 Å². The van der Waals surface area contributed by atoms with Gasteiger partial charge in [-0.05, 0) is 24.1 Å². The van der Waals surface area contributed by atoms with Gasteiger partial charge in [0, 0.05) is 19.5 Å². The van der Waals surface area contributed by atoms with Crippen molar-refractivity contribution in [2.45, 2.75) is 30.5 Å². The van der Waals surface area contributed by atoms with Gasteiger partial charge in [-0.15, -0.1) is 0 Å². The summed E-state index contributed by atoms with van der Waals surface area (Å²) in [6.07, 6.45) is -5.88. The molecule has 4 nitrogen and oxygen atoms in total. The Bertz CT molecular complexity index is 605. The largest absolute Gasteiger partial charge is 0.389 e. The molecule has 1 aromatic carbocycles. The van der Waals surface area contributed by atoms with Crippen molar-refractivity contribution in [1.82, 2.24) is 4.72 Å². The smallest absolute Gasteiger partial charge is 0.326 e. The molecule has 3 N–H and O–H groups in total. The molecule has 0 radical (unpaired) electrons. The molecule has 0 aromatic heterocycles. The first-order valence-electron chi connectivity index (χ1n) is 5.81. The summed E-state index contributed by atoms with van der Waals surface area (Å²) >= 11 is 5.60. The summed E-state index contributed by atoms with van der Waals surface area (Å²) in [4.78, 5) is -0.433. The predicted molar refractivity (Wildman–Crippen MR) is 69.8 cm³/mol. The monoisotopic (exact) mass is 348 g/mol. The molecule has 0 aliphatic rings. The first-order chi connectivity index (χ1) is 9.57. The van der Waals surface area contributed by atoms with Crippen molar-refractivity contribution in [2.75, 3.05) is 6.54 Å². The highest BCUT2D eigenvalue weighted by Gasteiger charge is 2.26. The molecule has 0 saturated carbocycles. The van der Waals surface area contributed by atoms with E-state index in [4.69, 9.17) is 17.3 Å². The van der Waals surface area contributed by atoms with Crippen LogP contribution < -0.4 is 10.5 Å². The second-order valence-electron chi connectivity index (χ2n) is 4.20. The second kappa shape index (κ2) is 6.91. The van der Waals surface area contributed by atoms with Gasteiger partial charge in [0.2, 0.25) is 10.0 Å². The van der Waals surface area contributed by atoms with Gasteiger partial charge in [-0.3, -0.25) is 0 Å². The maximum Gasteiger partial charge on any atom is 0.389 e. The average Bonchev–Trinajstić information content (AvgIpc) is 2.36. The third-order valence-corrected chi connectivity index (χ3v) is 4.40. The molecule has 1 rings (SSSR count). The quantitative estimate of drug-likeness (QED) is 0.613. The SMILES string of the molecule is NCc1cc(S(=O)(=O)NCCCC(F)(F)F)cc(F)c1Cl. The van der Waals surface area contributed by atoms with Gasteiger partial charge in [0.1, 0.15) is 5.82 Å². The fourth-order valence-corrected chi connectivity index (χ4v) is 2.82. The number of sulfonamides is 1. The molecule has 0 heterocycles. The molecule has 120 valence electrons. The third-order valence-electron chi connectivity index (χ3n) is 2.54. The summed E-state index contributed by atoms with van der Waals surface area (Å²) in [5, 5.41) is -0.284. The van der Waals surface area contributed by atoms with Crippen molar-refractivity contribution in [3.63, 3.8) is 0 Å². The zero-order valence-corrected chi connectivity index (χ0v) is 12.2. The van der Waals surface area contributed by atoms with Gasteiger partial charge in [0.05, 0.1) is 9.92 Å². The van der Waals surface area contributed by atoms with Crippen LogP contribution in [0.5, 0.6) is 0 Å². The van der Waals surface area contributed by atoms with Gasteiger partial charge in [-0.25, -0.2) is 17.5 Å². The standard InChI is InChI=1S/C11H13ClF4N2O2S/c12-10-7(6-17)4-8(5-9(10)13)21(19,20)18-3-1-2-11(14,15)16/h4-5,18H,1-3,6,17H2. The van der Waals surface area contributed by atoms with E-state index in [2.05, 4.69) is 0 Å². The molecule has 21 heavy (non-hydrogen) atoms. The number of hydrogen-bond donors (Lipinski definition) is 2. The van der Waals surface area contributed by atoms with Gasteiger partial charge < -0.3 is 5.73 Å². The Morgan fingerprint density at radius 1 is 1.29 bits per heavy atom. The number of halogens is 5. The number of hydrogen-bond acceptors (Lipinski definition) is 3. The summed E-state index contributed by atoms with van der Waals surface area (Å²) < 4.78 is 74.9. The van der Waals surface area contributed by atoms with Crippen LogP contribution in [0.4, 0.5) is 17.6 Å². The highest BCUT2D eigenvalue weighted by atomic mass is 35.5. The van der Waals surface area contributed by atoms with Gasteiger partial charge in [-0.1, -0.05) is 11.6 Å². The number of nitrogens with one attached hydrogen (secondary N) is 1. The highest BCUT2D eigenvalue weighted by Crippen LogP contribution is 2.24. The van der Waals surface area contributed by atoms with Crippen molar-refractivity contribution in [3.8, 4) is 0 Å². The topological polar surface area (TPSA) is 72.2 Å². The minimum Gasteiger partial charge on any atom is -0.326 e. The maximum absolute atomic E-state index is 13.5. The molecule has 0 amide bonds. The van der Waals surface area contributed by atoms with Crippen LogP contribution in [0.1, 0.15) is 18.4 Å². The molecular formula is C11H13ClF4N2O2S. The minimum atomic E-state index is -4.36. The predicted octanol–water partition coefficient (Wildman–Crippen LogP) is 2.56. The molecule has 0 bridgehead atoms. The number of alkyl halides is 3. The van der Waals surface area contributed by atoms with Crippen molar-refractivity contribution in [1.29, 1.82) is 0 Å². The van der Waals surface area contributed by atoms with E-state index in [9.17, 15) is 26.0 Å². The Balaban J connectivity index is 2.82. The van der Waals surface area contributed by atoms with E-state index in [1.807, 2.05) is 4.72 Å². The molecule has 10 heteroatoms. The fraction of sp³-hybridized carbons (Fsp3) is 0.455. The average molecular weight is 349 g/mol. The van der Waals surface area contributed by atoms with Gasteiger partial charge in [0.25, 0.3) is 0 Å². The third kappa shape index (κ3) is 5.42. The number of nitrogens with two attached hydrogens (primary N) is 1. The molecule has 0 aliphatic carbocycles. The molecule has 0 atom stereocenters. The second-order valence-corrected chi connectivity index (χ2v) is 6.34. The molecule has 1 aromatic rings. The van der Waals surface area contributed by atoms with Crippen LogP contribution in [0.25, 0.3) is 0 Å². The lowest BCUT2D eigenvalue weighted by molar-refractivity contribution is -0.135. The number of rotatable bonds is 6. The van der Waals surface area contributed by atoms with Gasteiger partial charge >= 0.3 is 6.18 Å². The minimum absolute atomic E-state index is 0.0901. The molecule has 0 fully saturated rings. The first-order valence-corrected chi connectivity index (χ1v) is 7.67. The van der Waals surface area contributed by atoms with Crippen LogP contribution in [0.15, 0.2) is 17.0 Å². The molecular weight excluding hydrogens is 336 g/mol. The Hall–Kier alpha value is -0.900. The number of benzene rings is 1. The Labute approximate surface area is 124 Å². The van der Waals surface area contributed by atoms with E-state index in [0.29, 0.717) is 6.07 Å². The van der Waals surface area contributed by atoms with Gasteiger partial charge in [0.15, 0.2) is 0 Å². The van der Waals surface area contributed by atoms with Crippen molar-refractivity contribution in [2.24, 2.45) is 5.73 Å². The van der Waals surface area contributed by atoms with Crippen molar-refractivity contribution in [3.05, 3.63) is 28.5 Å².